The molecule has 0 N–H and O–H groups in total. The molecule has 3 heteroatoms. The third-order valence-electron chi connectivity index (χ3n) is 2.43. The van der Waals surface area contributed by atoms with Crippen LogP contribution in [0.3, 0.4) is 0 Å². The summed E-state index contributed by atoms with van der Waals surface area (Å²) < 4.78 is 19.6. The van der Waals surface area contributed by atoms with Crippen LogP contribution in [0.4, 0.5) is 4.39 Å². The summed E-state index contributed by atoms with van der Waals surface area (Å²) in [5, 5.41) is 8.87. The fourth-order valence-corrected chi connectivity index (χ4v) is 1.53. The lowest BCUT2D eigenvalue weighted by molar-refractivity contribution is 0.248. The molecule has 0 saturated heterocycles. The van der Waals surface area contributed by atoms with Gasteiger partial charge in [0, 0.05) is 0 Å². The molecule has 1 aliphatic carbocycles. The number of allylic oxidation sites excluding steroid dienone is 3. The van der Waals surface area contributed by atoms with Crippen LogP contribution in [-0.4, -0.2) is 5.67 Å². The summed E-state index contributed by atoms with van der Waals surface area (Å²) >= 11 is 0. The van der Waals surface area contributed by atoms with Crippen LogP contribution in [0.15, 0.2) is 54.3 Å². The van der Waals surface area contributed by atoms with Gasteiger partial charge in [0.1, 0.15) is 11.8 Å². The van der Waals surface area contributed by atoms with Crippen LogP contribution in [0.5, 0.6) is 5.75 Å². The smallest absolute Gasteiger partial charge is 0.270 e. The van der Waals surface area contributed by atoms with Gasteiger partial charge < -0.3 is 4.74 Å². The minimum Gasteiger partial charge on any atom is -0.457 e. The molecule has 0 fully saturated rings. The predicted molar refractivity (Wildman–Crippen MR) is 62.6 cm³/mol. The lowest BCUT2D eigenvalue weighted by Gasteiger charge is -2.22. The summed E-state index contributed by atoms with van der Waals surface area (Å²) in [6, 6.07) is 10.4. The number of rotatable bonds is 2. The van der Waals surface area contributed by atoms with Crippen LogP contribution >= 0.6 is 0 Å². The van der Waals surface area contributed by atoms with Crippen molar-refractivity contribution in [2.24, 2.45) is 5.92 Å². The van der Waals surface area contributed by atoms with Crippen molar-refractivity contribution in [3.05, 3.63) is 61.2 Å². The monoisotopic (exact) mass is 228 g/mol. The van der Waals surface area contributed by atoms with Gasteiger partial charge in [-0.25, -0.2) is 4.39 Å². The van der Waals surface area contributed by atoms with Crippen molar-refractivity contribution in [2.45, 2.75) is 5.67 Å². The van der Waals surface area contributed by atoms with Gasteiger partial charge in [-0.3, -0.25) is 0 Å². The molecule has 2 atom stereocenters. The van der Waals surface area contributed by atoms with Gasteiger partial charge in [0.05, 0.1) is 0 Å². The Hall–Kier alpha value is -2.08. The first-order valence-corrected chi connectivity index (χ1v) is 5.22. The number of hydrogen-bond donors (Lipinski definition) is 0. The van der Waals surface area contributed by atoms with E-state index < -0.39 is 5.67 Å². The van der Waals surface area contributed by atoms with Gasteiger partial charge in [-0.1, -0.05) is 24.3 Å². The molecule has 0 amide bonds. The maximum absolute atomic E-state index is 14.2. The molecule has 1 aromatic carbocycles. The molecule has 0 saturated carbocycles. The van der Waals surface area contributed by atoms with Gasteiger partial charge in [0.15, 0.2) is 5.76 Å². The molecule has 1 aliphatic rings. The minimum absolute atomic E-state index is 0.0197. The van der Waals surface area contributed by atoms with Crippen molar-refractivity contribution in [3.63, 3.8) is 0 Å². The van der Waals surface area contributed by atoms with Crippen LogP contribution < -0.4 is 4.74 Å². The highest BCUT2D eigenvalue weighted by atomic mass is 19.1. The summed E-state index contributed by atoms with van der Waals surface area (Å²) in [5.74, 6) is 0.290. The first kappa shape index (κ1) is 11.4. The van der Waals surface area contributed by atoms with E-state index in [1.807, 2.05) is 6.07 Å². The zero-order valence-corrected chi connectivity index (χ0v) is 9.14. The third-order valence-corrected chi connectivity index (χ3v) is 2.43. The molecule has 0 aliphatic heterocycles. The summed E-state index contributed by atoms with van der Waals surface area (Å²) in [6.45, 7) is 3.77. The Labute approximate surface area is 99.6 Å². The summed E-state index contributed by atoms with van der Waals surface area (Å²) in [4.78, 5) is 0. The van der Waals surface area contributed by atoms with E-state index in [1.54, 1.807) is 36.4 Å². The first-order valence-electron chi connectivity index (χ1n) is 5.22. The number of nitriles is 1. The van der Waals surface area contributed by atoms with Crippen molar-refractivity contribution < 1.29 is 9.13 Å². The molecular weight excluding hydrogens is 217 g/mol. The highest BCUT2D eigenvalue weighted by Crippen LogP contribution is 2.31. The van der Waals surface area contributed by atoms with Crippen molar-refractivity contribution in [1.29, 1.82) is 5.26 Å². The molecule has 0 heterocycles. The Balaban J connectivity index is 2.28. The van der Waals surface area contributed by atoms with Gasteiger partial charge in [0.2, 0.25) is 0 Å². The first-order chi connectivity index (χ1) is 8.14. The van der Waals surface area contributed by atoms with Crippen molar-refractivity contribution in [2.75, 3.05) is 0 Å². The van der Waals surface area contributed by atoms with E-state index in [0.717, 1.165) is 0 Å². The van der Waals surface area contributed by atoms with E-state index >= 15 is 0 Å². The van der Waals surface area contributed by atoms with Crippen LogP contribution in [-0.2, 0) is 0 Å². The second-order valence-corrected chi connectivity index (χ2v) is 3.79. The number of hydrogen-bond acceptors (Lipinski definition) is 2. The molecule has 2 rings (SSSR count). The fraction of sp³-hybridized carbons (Fsp3) is 0.143. The van der Waals surface area contributed by atoms with Crippen molar-refractivity contribution >= 4 is 0 Å². The molecule has 1 aromatic rings. The zero-order valence-electron chi connectivity index (χ0n) is 9.14. The maximum atomic E-state index is 14.2. The third kappa shape index (κ3) is 2.36. The van der Waals surface area contributed by atoms with E-state index in [1.165, 1.54) is 12.2 Å². The Morgan fingerprint density at radius 1 is 1.35 bits per heavy atom. The Kier molecular flexibility index (Phi) is 2.97. The summed E-state index contributed by atoms with van der Waals surface area (Å²) in [6.07, 6.45) is 4.24. The zero-order chi connectivity index (χ0) is 12.3. The molecule has 0 spiro atoms. The Morgan fingerprint density at radius 2 is 2.06 bits per heavy atom. The SMILES string of the molecule is [CH2]C1C=CC(F)(C#N)C(Oc2ccccc2)=C1. The Bertz CT molecular complexity index is 501. The second-order valence-electron chi connectivity index (χ2n) is 3.79. The number of ether oxygens (including phenoxy) is 1. The van der Waals surface area contributed by atoms with Crippen LogP contribution in [0, 0.1) is 24.2 Å². The van der Waals surface area contributed by atoms with Gasteiger partial charge >= 0.3 is 0 Å². The number of halogens is 1. The van der Waals surface area contributed by atoms with E-state index in [-0.39, 0.29) is 11.7 Å². The topological polar surface area (TPSA) is 33.0 Å². The minimum atomic E-state index is -2.20. The van der Waals surface area contributed by atoms with Crippen molar-refractivity contribution in [1.82, 2.24) is 0 Å². The van der Waals surface area contributed by atoms with Gasteiger partial charge in [-0.15, -0.1) is 0 Å². The largest absolute Gasteiger partial charge is 0.457 e. The molecule has 85 valence electrons. The predicted octanol–water partition coefficient (Wildman–Crippen LogP) is 3.20. The normalized spacial score (nSPS) is 27.1. The average Bonchev–Trinajstić information content (AvgIpc) is 2.35. The lowest BCUT2D eigenvalue weighted by atomic mass is 9.94. The average molecular weight is 228 g/mol. The molecule has 0 bridgehead atoms. The Morgan fingerprint density at radius 3 is 2.71 bits per heavy atom. The lowest BCUT2D eigenvalue weighted by Crippen LogP contribution is -2.27. The molecule has 0 aromatic heterocycles. The maximum Gasteiger partial charge on any atom is 0.270 e. The number of nitrogens with zero attached hydrogens (tertiary/aromatic N) is 1. The van der Waals surface area contributed by atoms with Gasteiger partial charge in [-0.05, 0) is 37.1 Å². The van der Waals surface area contributed by atoms with Crippen LogP contribution in [0.25, 0.3) is 0 Å². The van der Waals surface area contributed by atoms with E-state index in [4.69, 9.17) is 10.00 Å². The number of para-hydroxylation sites is 1. The molecular formula is C14H11FNO. The van der Waals surface area contributed by atoms with Gasteiger partial charge in [0.25, 0.3) is 5.67 Å². The highest BCUT2D eigenvalue weighted by molar-refractivity contribution is 5.39. The molecule has 2 nitrogen and oxygen atoms in total. The quantitative estimate of drug-likeness (QED) is 0.728. The standard InChI is InChI=1S/C14H11FNO/c1-11-7-8-14(15,10-16)13(9-11)17-12-5-3-2-4-6-12/h2-9,11H,1H2. The second kappa shape index (κ2) is 4.42. The van der Waals surface area contributed by atoms with Crippen LogP contribution in [0.1, 0.15) is 0 Å². The number of alkyl halides is 1. The van der Waals surface area contributed by atoms with E-state index in [0.29, 0.717) is 5.75 Å². The fourth-order valence-electron chi connectivity index (χ4n) is 1.53. The summed E-state index contributed by atoms with van der Waals surface area (Å²) in [5.41, 5.74) is -2.20. The van der Waals surface area contributed by atoms with Gasteiger partial charge in [-0.2, -0.15) is 5.26 Å². The molecule has 17 heavy (non-hydrogen) atoms. The van der Waals surface area contributed by atoms with E-state index in [2.05, 4.69) is 6.92 Å². The van der Waals surface area contributed by atoms with Crippen LogP contribution in [0.2, 0.25) is 0 Å². The van der Waals surface area contributed by atoms with Crippen molar-refractivity contribution in [3.8, 4) is 11.8 Å². The summed E-state index contributed by atoms with van der Waals surface area (Å²) in [7, 11) is 0. The van der Waals surface area contributed by atoms with E-state index in [9.17, 15) is 4.39 Å². The molecule has 2 unspecified atom stereocenters. The highest BCUT2D eigenvalue weighted by Gasteiger charge is 2.36. The number of benzene rings is 1. The molecule has 1 radical (unpaired) electrons.